The number of rotatable bonds is 12. The molecule has 4 nitrogen and oxygen atoms in total. The lowest BCUT2D eigenvalue weighted by Crippen LogP contribution is -2.31. The van der Waals surface area contributed by atoms with E-state index in [1.54, 1.807) is 0 Å². The fraction of sp³-hybridized carbons (Fsp3) is 0.833. The highest BCUT2D eigenvalue weighted by Gasteiger charge is 2.03. The van der Waals surface area contributed by atoms with Crippen molar-refractivity contribution in [2.45, 2.75) is 25.9 Å². The number of nitrogens with one attached hydrogen (secondary N) is 1. The fourth-order valence-corrected chi connectivity index (χ4v) is 1.21. The Hall–Kier alpha value is -0.130. The Morgan fingerprint density at radius 2 is 2.06 bits per heavy atom. The first-order valence-corrected chi connectivity index (χ1v) is 6.42. The van der Waals surface area contributed by atoms with Gasteiger partial charge in [0.15, 0.2) is 0 Å². The van der Waals surface area contributed by atoms with Gasteiger partial charge in [-0.15, -0.1) is 0 Å². The van der Waals surface area contributed by atoms with Crippen LogP contribution in [-0.2, 0) is 9.47 Å². The molecule has 102 valence electrons. The van der Waals surface area contributed by atoms with E-state index in [9.17, 15) is 5.11 Å². The normalized spacial score (nSPS) is 12.6. The van der Waals surface area contributed by atoms with Crippen LogP contribution in [0.1, 0.15) is 19.8 Å². The van der Waals surface area contributed by atoms with E-state index in [0.29, 0.717) is 37.9 Å². The first-order valence-electron chi connectivity index (χ1n) is 6.04. The first-order chi connectivity index (χ1) is 8.16. The third kappa shape index (κ3) is 13.8. The van der Waals surface area contributed by atoms with Gasteiger partial charge in [-0.05, 0) is 6.42 Å². The van der Waals surface area contributed by atoms with Crippen molar-refractivity contribution in [2.24, 2.45) is 0 Å². The second-order valence-electron chi connectivity index (χ2n) is 3.84. The Bertz CT molecular complexity index is 191. The number of hydrogen-bond acceptors (Lipinski definition) is 4. The van der Waals surface area contributed by atoms with Crippen molar-refractivity contribution < 1.29 is 14.6 Å². The van der Waals surface area contributed by atoms with Crippen LogP contribution in [-0.4, -0.2) is 50.7 Å². The zero-order valence-electron chi connectivity index (χ0n) is 10.6. The highest BCUT2D eigenvalue weighted by molar-refractivity contribution is 6.29. The maximum Gasteiger partial charge on any atom is 0.0897 e. The number of unbranched alkanes of at least 4 members (excludes halogenated alkanes) is 1. The van der Waals surface area contributed by atoms with Crippen LogP contribution in [0.5, 0.6) is 0 Å². The third-order valence-electron chi connectivity index (χ3n) is 2.02. The summed E-state index contributed by atoms with van der Waals surface area (Å²) in [7, 11) is 0. The van der Waals surface area contributed by atoms with E-state index in [0.717, 1.165) is 19.4 Å². The molecule has 0 fully saturated rings. The Labute approximate surface area is 109 Å². The van der Waals surface area contributed by atoms with Gasteiger partial charge >= 0.3 is 0 Å². The molecule has 0 radical (unpaired) electrons. The average Bonchev–Trinajstić information content (AvgIpc) is 2.27. The molecule has 0 aliphatic rings. The molecule has 5 heteroatoms. The van der Waals surface area contributed by atoms with Crippen molar-refractivity contribution in [2.75, 3.05) is 39.5 Å². The van der Waals surface area contributed by atoms with Gasteiger partial charge in [0.25, 0.3) is 0 Å². The summed E-state index contributed by atoms with van der Waals surface area (Å²) in [6.45, 7) is 8.79. The summed E-state index contributed by atoms with van der Waals surface area (Å²) < 4.78 is 10.6. The van der Waals surface area contributed by atoms with Gasteiger partial charge in [-0.2, -0.15) is 0 Å². The SMILES string of the molecule is C=C(Cl)CNCC(O)COCCOCCCC. The van der Waals surface area contributed by atoms with E-state index in [1.807, 2.05) is 0 Å². The molecule has 0 aromatic carbocycles. The monoisotopic (exact) mass is 265 g/mol. The summed E-state index contributed by atoms with van der Waals surface area (Å²) in [5, 5.41) is 13.0. The zero-order chi connectivity index (χ0) is 12.9. The molecule has 0 saturated carbocycles. The summed E-state index contributed by atoms with van der Waals surface area (Å²) in [6.07, 6.45) is 1.69. The summed E-state index contributed by atoms with van der Waals surface area (Å²) >= 11 is 5.56. The van der Waals surface area contributed by atoms with Gasteiger partial charge in [-0.25, -0.2) is 0 Å². The van der Waals surface area contributed by atoms with Crippen molar-refractivity contribution >= 4 is 11.6 Å². The Balaban J connectivity index is 3.16. The van der Waals surface area contributed by atoms with Gasteiger partial charge in [0.05, 0.1) is 25.9 Å². The second-order valence-corrected chi connectivity index (χ2v) is 4.38. The van der Waals surface area contributed by atoms with Gasteiger partial charge in [0, 0.05) is 24.7 Å². The molecule has 0 bridgehead atoms. The molecule has 0 aliphatic heterocycles. The van der Waals surface area contributed by atoms with Crippen molar-refractivity contribution in [1.29, 1.82) is 0 Å². The Morgan fingerprint density at radius 1 is 1.35 bits per heavy atom. The van der Waals surface area contributed by atoms with E-state index in [-0.39, 0.29) is 0 Å². The predicted octanol–water partition coefficient (Wildman–Crippen LogP) is 1.52. The molecule has 2 N–H and O–H groups in total. The standard InChI is InChI=1S/C12H24ClNO3/c1-3-4-5-16-6-7-17-10-12(15)9-14-8-11(2)13/h12,14-15H,2-10H2,1H3. The third-order valence-corrected chi connectivity index (χ3v) is 2.15. The van der Waals surface area contributed by atoms with Gasteiger partial charge in [0.1, 0.15) is 0 Å². The van der Waals surface area contributed by atoms with Gasteiger partial charge < -0.3 is 19.9 Å². The molecule has 0 aromatic heterocycles. The minimum absolute atomic E-state index is 0.304. The lowest BCUT2D eigenvalue weighted by atomic mass is 10.4. The fourth-order valence-electron chi connectivity index (χ4n) is 1.12. The molecule has 17 heavy (non-hydrogen) atoms. The molecule has 0 aromatic rings. The van der Waals surface area contributed by atoms with Crippen LogP contribution in [0.4, 0.5) is 0 Å². The van der Waals surface area contributed by atoms with Crippen LogP contribution in [0.15, 0.2) is 11.6 Å². The Kier molecular flexibility index (Phi) is 12.2. The summed E-state index contributed by atoms with van der Waals surface area (Å²) in [5.41, 5.74) is 0. The summed E-state index contributed by atoms with van der Waals surface area (Å²) in [5.74, 6) is 0. The molecule has 1 atom stereocenters. The molecule has 0 heterocycles. The quantitative estimate of drug-likeness (QED) is 0.526. The van der Waals surface area contributed by atoms with Crippen LogP contribution in [0.25, 0.3) is 0 Å². The molecular weight excluding hydrogens is 242 g/mol. The van der Waals surface area contributed by atoms with Crippen molar-refractivity contribution in [1.82, 2.24) is 5.32 Å². The minimum atomic E-state index is -0.526. The maximum absolute atomic E-state index is 9.50. The second kappa shape index (κ2) is 12.3. The van der Waals surface area contributed by atoms with Crippen LogP contribution in [0.2, 0.25) is 0 Å². The maximum atomic E-state index is 9.50. The van der Waals surface area contributed by atoms with Gasteiger partial charge in [-0.3, -0.25) is 0 Å². The van der Waals surface area contributed by atoms with Crippen LogP contribution in [0, 0.1) is 0 Å². The van der Waals surface area contributed by atoms with Crippen LogP contribution >= 0.6 is 11.6 Å². The number of halogens is 1. The predicted molar refractivity (Wildman–Crippen MR) is 70.4 cm³/mol. The van der Waals surface area contributed by atoms with Gasteiger partial charge in [0.2, 0.25) is 0 Å². The topological polar surface area (TPSA) is 50.7 Å². The number of aliphatic hydroxyl groups is 1. The minimum Gasteiger partial charge on any atom is -0.389 e. The smallest absolute Gasteiger partial charge is 0.0897 e. The van der Waals surface area contributed by atoms with E-state index in [1.165, 1.54) is 0 Å². The highest BCUT2D eigenvalue weighted by Crippen LogP contribution is 1.93. The van der Waals surface area contributed by atoms with E-state index < -0.39 is 6.10 Å². The van der Waals surface area contributed by atoms with E-state index >= 15 is 0 Å². The van der Waals surface area contributed by atoms with E-state index in [2.05, 4.69) is 18.8 Å². The lowest BCUT2D eigenvalue weighted by Gasteiger charge is -2.12. The van der Waals surface area contributed by atoms with E-state index in [4.69, 9.17) is 21.1 Å². The van der Waals surface area contributed by atoms with Crippen LogP contribution in [0.3, 0.4) is 0 Å². The molecule has 0 rings (SSSR count). The molecule has 0 spiro atoms. The highest BCUT2D eigenvalue weighted by atomic mass is 35.5. The average molecular weight is 266 g/mol. The van der Waals surface area contributed by atoms with Crippen molar-refractivity contribution in [3.63, 3.8) is 0 Å². The number of ether oxygens (including phenoxy) is 2. The summed E-state index contributed by atoms with van der Waals surface area (Å²) in [6, 6.07) is 0. The van der Waals surface area contributed by atoms with Gasteiger partial charge in [-0.1, -0.05) is 31.5 Å². The number of aliphatic hydroxyl groups excluding tert-OH is 1. The Morgan fingerprint density at radius 3 is 2.71 bits per heavy atom. The molecule has 0 saturated heterocycles. The molecule has 1 unspecified atom stereocenters. The lowest BCUT2D eigenvalue weighted by molar-refractivity contribution is 0.00418. The largest absolute Gasteiger partial charge is 0.389 e. The van der Waals surface area contributed by atoms with Crippen molar-refractivity contribution in [3.05, 3.63) is 11.6 Å². The molecular formula is C12H24ClNO3. The van der Waals surface area contributed by atoms with Crippen LogP contribution < -0.4 is 5.32 Å². The first kappa shape index (κ1) is 16.9. The molecule has 0 amide bonds. The van der Waals surface area contributed by atoms with Crippen molar-refractivity contribution in [3.8, 4) is 0 Å². The number of hydrogen-bond donors (Lipinski definition) is 2. The zero-order valence-corrected chi connectivity index (χ0v) is 11.3. The summed E-state index contributed by atoms with van der Waals surface area (Å²) in [4.78, 5) is 0. The molecule has 0 aliphatic carbocycles.